The number of benzene rings is 1. The fraction of sp³-hybridized carbons (Fsp3) is 0.333. The van der Waals surface area contributed by atoms with Crippen LogP contribution in [0.3, 0.4) is 0 Å². The lowest BCUT2D eigenvalue weighted by Crippen LogP contribution is -2.09. The molecule has 1 fully saturated rings. The van der Waals surface area contributed by atoms with Crippen molar-refractivity contribution in [3.63, 3.8) is 0 Å². The van der Waals surface area contributed by atoms with Gasteiger partial charge in [0.15, 0.2) is 11.6 Å². The molecule has 2 heterocycles. The van der Waals surface area contributed by atoms with Gasteiger partial charge in [-0.1, -0.05) is 0 Å². The van der Waals surface area contributed by atoms with Crippen LogP contribution in [0.15, 0.2) is 30.5 Å². The highest BCUT2D eigenvalue weighted by molar-refractivity contribution is 5.87. The molecule has 130 valence electrons. The van der Waals surface area contributed by atoms with E-state index in [9.17, 15) is 8.78 Å². The Balaban J connectivity index is 1.78. The Morgan fingerprint density at radius 1 is 1.20 bits per heavy atom. The number of anilines is 1. The number of ether oxygens (including phenoxy) is 1. The maximum absolute atomic E-state index is 13.7. The molecule has 0 radical (unpaired) electrons. The van der Waals surface area contributed by atoms with Crippen molar-refractivity contribution in [2.45, 2.75) is 18.9 Å². The summed E-state index contributed by atoms with van der Waals surface area (Å²) in [4.78, 5) is 0. The van der Waals surface area contributed by atoms with Crippen molar-refractivity contribution < 1.29 is 13.5 Å². The Hall–Kier alpha value is -2.54. The van der Waals surface area contributed by atoms with Crippen LogP contribution in [0.4, 0.5) is 14.6 Å². The fourth-order valence-electron chi connectivity index (χ4n) is 3.05. The van der Waals surface area contributed by atoms with Gasteiger partial charge in [0.25, 0.3) is 0 Å². The van der Waals surface area contributed by atoms with E-state index in [4.69, 9.17) is 4.74 Å². The number of nitrogens with one attached hydrogen (secondary N) is 1. The number of nitrogens with zero attached hydrogens (tertiary/aromatic N) is 3. The number of halogens is 2. The number of fused-ring (bicyclic) bond motifs is 1. The van der Waals surface area contributed by atoms with Gasteiger partial charge in [-0.2, -0.15) is 5.10 Å². The van der Waals surface area contributed by atoms with Crippen LogP contribution in [0.25, 0.3) is 22.2 Å². The number of methoxy groups -OCH3 is 1. The third-order valence-corrected chi connectivity index (χ3v) is 4.36. The summed E-state index contributed by atoms with van der Waals surface area (Å²) in [6, 6.07) is 6.61. The summed E-state index contributed by atoms with van der Waals surface area (Å²) in [5, 5.41) is 11.9. The minimum Gasteiger partial charge on any atom is -0.383 e. The molecule has 1 aliphatic carbocycles. The van der Waals surface area contributed by atoms with E-state index in [1.807, 2.05) is 12.1 Å². The minimum atomic E-state index is -0.832. The normalized spacial score (nSPS) is 14.2. The zero-order valence-electron chi connectivity index (χ0n) is 13.8. The summed E-state index contributed by atoms with van der Waals surface area (Å²) in [7, 11) is 1.64. The Labute approximate surface area is 143 Å². The van der Waals surface area contributed by atoms with E-state index in [0.29, 0.717) is 35.9 Å². The molecule has 2 aromatic heterocycles. The number of hydrogen-bond donors (Lipinski definition) is 1. The van der Waals surface area contributed by atoms with E-state index >= 15 is 0 Å². The van der Waals surface area contributed by atoms with Crippen molar-refractivity contribution in [1.82, 2.24) is 14.8 Å². The van der Waals surface area contributed by atoms with Crippen LogP contribution in [-0.2, 0) is 4.74 Å². The molecule has 1 saturated carbocycles. The summed E-state index contributed by atoms with van der Waals surface area (Å²) in [6.07, 6.45) is 3.74. The molecule has 7 heteroatoms. The molecule has 0 bridgehead atoms. The maximum atomic E-state index is 13.7. The van der Waals surface area contributed by atoms with Crippen molar-refractivity contribution in [2.75, 3.05) is 25.6 Å². The highest BCUT2D eigenvalue weighted by Crippen LogP contribution is 2.43. The first-order valence-corrected chi connectivity index (χ1v) is 8.23. The van der Waals surface area contributed by atoms with Crippen molar-refractivity contribution in [1.29, 1.82) is 0 Å². The number of rotatable bonds is 6. The van der Waals surface area contributed by atoms with E-state index in [1.165, 1.54) is 12.1 Å². The van der Waals surface area contributed by atoms with E-state index in [0.717, 1.165) is 24.1 Å². The maximum Gasteiger partial charge on any atom is 0.160 e. The fourth-order valence-corrected chi connectivity index (χ4v) is 3.05. The molecular weight excluding hydrogens is 326 g/mol. The van der Waals surface area contributed by atoms with Gasteiger partial charge < -0.3 is 14.6 Å². The lowest BCUT2D eigenvalue weighted by Gasteiger charge is -2.11. The third-order valence-electron chi connectivity index (χ3n) is 4.36. The van der Waals surface area contributed by atoms with Gasteiger partial charge in [0.1, 0.15) is 5.82 Å². The van der Waals surface area contributed by atoms with Gasteiger partial charge in [0.2, 0.25) is 0 Å². The summed E-state index contributed by atoms with van der Waals surface area (Å²) in [5.74, 6) is -1.02. The molecule has 0 aliphatic heterocycles. The molecule has 1 aromatic carbocycles. The van der Waals surface area contributed by atoms with Crippen LogP contribution >= 0.6 is 0 Å². The molecular formula is C18H18F2N4O. The first kappa shape index (κ1) is 16.0. The van der Waals surface area contributed by atoms with Gasteiger partial charge in [-0.25, -0.2) is 8.78 Å². The zero-order chi connectivity index (χ0) is 17.4. The smallest absolute Gasteiger partial charge is 0.160 e. The molecule has 25 heavy (non-hydrogen) atoms. The van der Waals surface area contributed by atoms with Gasteiger partial charge in [0, 0.05) is 36.7 Å². The second kappa shape index (κ2) is 6.40. The molecule has 0 unspecified atom stereocenters. The standard InChI is InChI=1S/C18H18F2N4O/c1-25-5-4-21-18-8-12(10-22-23-18)16-7-11-6-14(19)15(20)9-17(11)24(16)13-2-3-13/h6-10,13H,2-5H2,1H3,(H,21,23). The van der Waals surface area contributed by atoms with E-state index in [-0.39, 0.29) is 0 Å². The summed E-state index contributed by atoms with van der Waals surface area (Å²) in [5.41, 5.74) is 2.47. The average Bonchev–Trinajstić information content (AvgIpc) is 3.38. The van der Waals surface area contributed by atoms with Gasteiger partial charge in [0.05, 0.1) is 24.0 Å². The topological polar surface area (TPSA) is 52.0 Å². The number of aromatic nitrogens is 3. The largest absolute Gasteiger partial charge is 0.383 e. The van der Waals surface area contributed by atoms with Crippen LogP contribution < -0.4 is 5.32 Å². The highest BCUT2D eigenvalue weighted by atomic mass is 19.2. The summed E-state index contributed by atoms with van der Waals surface area (Å²) < 4.78 is 34.4. The van der Waals surface area contributed by atoms with E-state index in [2.05, 4.69) is 20.1 Å². The second-order valence-electron chi connectivity index (χ2n) is 6.20. The molecule has 3 aromatic rings. The first-order valence-electron chi connectivity index (χ1n) is 8.23. The Morgan fingerprint density at radius 2 is 2.00 bits per heavy atom. The van der Waals surface area contributed by atoms with Crippen LogP contribution in [0.2, 0.25) is 0 Å². The lowest BCUT2D eigenvalue weighted by atomic mass is 10.2. The lowest BCUT2D eigenvalue weighted by molar-refractivity contribution is 0.210. The monoisotopic (exact) mass is 344 g/mol. The predicted molar refractivity (Wildman–Crippen MR) is 91.5 cm³/mol. The van der Waals surface area contributed by atoms with Crippen LogP contribution in [0.1, 0.15) is 18.9 Å². The quantitative estimate of drug-likeness (QED) is 0.692. The molecule has 1 aliphatic rings. The van der Waals surface area contributed by atoms with Crippen molar-refractivity contribution in [3.05, 3.63) is 42.1 Å². The summed E-state index contributed by atoms with van der Waals surface area (Å²) in [6.45, 7) is 1.18. The molecule has 0 atom stereocenters. The third kappa shape index (κ3) is 3.07. The van der Waals surface area contributed by atoms with E-state index in [1.54, 1.807) is 13.3 Å². The average molecular weight is 344 g/mol. The Kier molecular flexibility index (Phi) is 4.09. The summed E-state index contributed by atoms with van der Waals surface area (Å²) >= 11 is 0. The van der Waals surface area contributed by atoms with Crippen LogP contribution in [-0.4, -0.2) is 35.0 Å². The molecule has 4 rings (SSSR count). The predicted octanol–water partition coefficient (Wildman–Crippen LogP) is 3.77. The van der Waals surface area contributed by atoms with Crippen LogP contribution in [0.5, 0.6) is 0 Å². The van der Waals surface area contributed by atoms with Crippen molar-refractivity contribution >= 4 is 16.7 Å². The molecule has 1 N–H and O–H groups in total. The van der Waals surface area contributed by atoms with Gasteiger partial charge in [-0.05, 0) is 31.0 Å². The van der Waals surface area contributed by atoms with Crippen molar-refractivity contribution in [3.8, 4) is 11.3 Å². The second-order valence-corrected chi connectivity index (χ2v) is 6.20. The van der Waals surface area contributed by atoms with Gasteiger partial charge in [-0.3, -0.25) is 0 Å². The van der Waals surface area contributed by atoms with Crippen molar-refractivity contribution in [2.24, 2.45) is 0 Å². The molecule has 0 spiro atoms. The first-order chi connectivity index (χ1) is 12.2. The Bertz CT molecular complexity index is 921. The molecule has 0 saturated heterocycles. The minimum absolute atomic E-state index is 0.315. The van der Waals surface area contributed by atoms with Gasteiger partial charge >= 0.3 is 0 Å². The highest BCUT2D eigenvalue weighted by Gasteiger charge is 2.28. The number of hydrogen-bond acceptors (Lipinski definition) is 4. The molecule has 5 nitrogen and oxygen atoms in total. The van der Waals surface area contributed by atoms with E-state index < -0.39 is 11.6 Å². The molecule has 0 amide bonds. The van der Waals surface area contributed by atoms with Crippen LogP contribution in [0, 0.1) is 11.6 Å². The Morgan fingerprint density at radius 3 is 2.76 bits per heavy atom. The zero-order valence-corrected chi connectivity index (χ0v) is 13.8. The van der Waals surface area contributed by atoms with Gasteiger partial charge in [-0.15, -0.1) is 5.10 Å². The SMILES string of the molecule is COCCNc1cc(-c2cc3cc(F)c(F)cc3n2C2CC2)cnn1.